The van der Waals surface area contributed by atoms with Gasteiger partial charge in [-0.15, -0.1) is 0 Å². The molecule has 0 amide bonds. The number of nitrogen functional groups attached to an aromatic ring is 2. The van der Waals surface area contributed by atoms with Crippen LogP contribution in [0.2, 0.25) is 0 Å². The quantitative estimate of drug-likeness (QED) is 0.487. The van der Waals surface area contributed by atoms with Gasteiger partial charge in [0.1, 0.15) is 0 Å². The van der Waals surface area contributed by atoms with Gasteiger partial charge in [0.15, 0.2) is 5.82 Å². The van der Waals surface area contributed by atoms with Crippen LogP contribution in [0.15, 0.2) is 42.5 Å². The Kier molecular flexibility index (Phi) is 3.10. The van der Waals surface area contributed by atoms with Crippen molar-refractivity contribution < 1.29 is 0 Å². The Morgan fingerprint density at radius 2 is 1.86 bits per heavy atom. The predicted octanol–water partition coefficient (Wildman–Crippen LogP) is 2.04. The number of hydrazine groups is 1. The first-order valence-corrected chi connectivity index (χ1v) is 6.25. The second kappa shape index (κ2) is 5.07. The molecule has 2 aromatic carbocycles. The van der Waals surface area contributed by atoms with Gasteiger partial charge in [-0.05, 0) is 35.4 Å². The Hall–Kier alpha value is -3.17. The van der Waals surface area contributed by atoms with E-state index in [-0.39, 0.29) is 5.95 Å². The molecule has 5 N–H and O–H groups in total. The second-order valence-electron chi connectivity index (χ2n) is 4.50. The van der Waals surface area contributed by atoms with Crippen molar-refractivity contribution in [1.82, 2.24) is 9.97 Å². The molecule has 0 saturated heterocycles. The highest BCUT2D eigenvalue weighted by molar-refractivity contribution is 5.93. The topological polar surface area (TPSA) is 114 Å². The monoisotopic (exact) mass is 276 g/mol. The van der Waals surface area contributed by atoms with Crippen LogP contribution in [0.4, 0.5) is 11.8 Å². The van der Waals surface area contributed by atoms with E-state index >= 15 is 0 Å². The number of nitrogens with two attached hydrogens (primary N) is 2. The molecule has 0 unspecified atom stereocenters. The molecule has 0 aliphatic rings. The molecule has 102 valence electrons. The lowest BCUT2D eigenvalue weighted by molar-refractivity contribution is 1.19. The van der Waals surface area contributed by atoms with Crippen LogP contribution in [-0.2, 0) is 0 Å². The SMILES string of the molecule is N#Cc1cccc(-c2ccc3nc(N)nc(NN)c3c2)c1. The standard InChI is InChI=1S/C15H12N6/c16-8-9-2-1-3-10(6-9)11-4-5-13-12(7-11)14(21-18)20-15(17)19-13/h1-7H,18H2,(H3,17,19,20,21). The summed E-state index contributed by atoms with van der Waals surface area (Å²) in [4.78, 5) is 8.24. The van der Waals surface area contributed by atoms with E-state index in [1.54, 1.807) is 6.07 Å². The fourth-order valence-corrected chi connectivity index (χ4v) is 2.20. The maximum Gasteiger partial charge on any atom is 0.222 e. The molecule has 0 radical (unpaired) electrons. The van der Waals surface area contributed by atoms with Crippen molar-refractivity contribution in [3.05, 3.63) is 48.0 Å². The first kappa shape index (κ1) is 12.8. The number of nitrogens with zero attached hydrogens (tertiary/aromatic N) is 3. The summed E-state index contributed by atoms with van der Waals surface area (Å²) in [6.45, 7) is 0. The third-order valence-electron chi connectivity index (χ3n) is 3.17. The molecule has 21 heavy (non-hydrogen) atoms. The molecular formula is C15H12N6. The minimum absolute atomic E-state index is 0.162. The van der Waals surface area contributed by atoms with Crippen molar-refractivity contribution in [3.63, 3.8) is 0 Å². The van der Waals surface area contributed by atoms with Gasteiger partial charge < -0.3 is 11.2 Å². The molecule has 1 heterocycles. The molecule has 0 aliphatic carbocycles. The highest BCUT2D eigenvalue weighted by Crippen LogP contribution is 2.27. The zero-order valence-electron chi connectivity index (χ0n) is 11.0. The number of nitrogens with one attached hydrogen (secondary N) is 1. The highest BCUT2D eigenvalue weighted by Gasteiger charge is 2.07. The Balaban J connectivity index is 2.21. The average Bonchev–Trinajstić information content (AvgIpc) is 2.53. The van der Waals surface area contributed by atoms with E-state index in [1.807, 2.05) is 36.4 Å². The molecule has 0 atom stereocenters. The van der Waals surface area contributed by atoms with E-state index in [0.717, 1.165) is 16.5 Å². The summed E-state index contributed by atoms with van der Waals surface area (Å²) in [5.74, 6) is 6.11. The summed E-state index contributed by atoms with van der Waals surface area (Å²) in [5.41, 5.74) is 11.4. The van der Waals surface area contributed by atoms with Crippen LogP contribution in [-0.4, -0.2) is 9.97 Å². The molecule has 3 aromatic rings. The van der Waals surface area contributed by atoms with Gasteiger partial charge in [-0.2, -0.15) is 10.2 Å². The van der Waals surface area contributed by atoms with E-state index in [4.69, 9.17) is 16.8 Å². The van der Waals surface area contributed by atoms with E-state index in [1.165, 1.54) is 0 Å². The summed E-state index contributed by atoms with van der Waals surface area (Å²) in [5, 5.41) is 9.75. The Morgan fingerprint density at radius 3 is 2.62 bits per heavy atom. The van der Waals surface area contributed by atoms with Crippen LogP contribution in [0.1, 0.15) is 5.56 Å². The summed E-state index contributed by atoms with van der Waals surface area (Å²) in [6.07, 6.45) is 0. The molecule has 0 aliphatic heterocycles. The Labute approximate surface area is 121 Å². The number of aromatic nitrogens is 2. The zero-order valence-corrected chi connectivity index (χ0v) is 11.0. The summed E-state index contributed by atoms with van der Waals surface area (Å²) in [6, 6.07) is 15.2. The first-order chi connectivity index (χ1) is 10.2. The maximum absolute atomic E-state index is 8.98. The summed E-state index contributed by atoms with van der Waals surface area (Å²) >= 11 is 0. The van der Waals surface area contributed by atoms with Gasteiger partial charge in [0.25, 0.3) is 0 Å². The van der Waals surface area contributed by atoms with Crippen molar-refractivity contribution in [1.29, 1.82) is 5.26 Å². The van der Waals surface area contributed by atoms with Gasteiger partial charge in [-0.3, -0.25) is 0 Å². The lowest BCUT2D eigenvalue weighted by Crippen LogP contribution is -2.11. The van der Waals surface area contributed by atoms with Crippen molar-refractivity contribution in [2.45, 2.75) is 0 Å². The average molecular weight is 276 g/mol. The van der Waals surface area contributed by atoms with Crippen molar-refractivity contribution in [3.8, 4) is 17.2 Å². The van der Waals surface area contributed by atoms with Crippen LogP contribution in [0.3, 0.4) is 0 Å². The molecule has 0 spiro atoms. The lowest BCUT2D eigenvalue weighted by Gasteiger charge is -2.08. The minimum Gasteiger partial charge on any atom is -0.368 e. The second-order valence-corrected chi connectivity index (χ2v) is 4.50. The van der Waals surface area contributed by atoms with Crippen molar-refractivity contribution in [2.24, 2.45) is 5.84 Å². The van der Waals surface area contributed by atoms with Gasteiger partial charge in [0.05, 0.1) is 17.1 Å². The lowest BCUT2D eigenvalue weighted by atomic mass is 10.0. The number of nitriles is 1. The van der Waals surface area contributed by atoms with E-state index in [2.05, 4.69) is 21.5 Å². The molecule has 1 aromatic heterocycles. The fourth-order valence-electron chi connectivity index (χ4n) is 2.20. The van der Waals surface area contributed by atoms with Crippen LogP contribution >= 0.6 is 0 Å². The number of rotatable bonds is 2. The smallest absolute Gasteiger partial charge is 0.222 e. The highest BCUT2D eigenvalue weighted by atomic mass is 15.3. The Morgan fingerprint density at radius 1 is 1.05 bits per heavy atom. The van der Waals surface area contributed by atoms with Gasteiger partial charge in [-0.25, -0.2) is 10.8 Å². The fraction of sp³-hybridized carbons (Fsp3) is 0. The number of fused-ring (bicyclic) bond motifs is 1. The number of benzene rings is 2. The predicted molar refractivity (Wildman–Crippen MR) is 81.9 cm³/mol. The van der Waals surface area contributed by atoms with Crippen LogP contribution < -0.4 is 17.0 Å². The van der Waals surface area contributed by atoms with E-state index in [0.29, 0.717) is 16.9 Å². The van der Waals surface area contributed by atoms with E-state index < -0.39 is 0 Å². The van der Waals surface area contributed by atoms with Gasteiger partial charge >= 0.3 is 0 Å². The van der Waals surface area contributed by atoms with Gasteiger partial charge in [-0.1, -0.05) is 18.2 Å². The molecule has 0 bridgehead atoms. The van der Waals surface area contributed by atoms with Crippen molar-refractivity contribution in [2.75, 3.05) is 11.2 Å². The third kappa shape index (κ3) is 2.33. The van der Waals surface area contributed by atoms with Crippen LogP contribution in [0.25, 0.3) is 22.0 Å². The van der Waals surface area contributed by atoms with E-state index in [9.17, 15) is 0 Å². The third-order valence-corrected chi connectivity index (χ3v) is 3.17. The summed E-state index contributed by atoms with van der Waals surface area (Å²) < 4.78 is 0. The first-order valence-electron chi connectivity index (χ1n) is 6.25. The van der Waals surface area contributed by atoms with Crippen molar-refractivity contribution >= 4 is 22.7 Å². The molecule has 0 fully saturated rings. The van der Waals surface area contributed by atoms with Gasteiger partial charge in [0, 0.05) is 5.39 Å². The Bertz CT molecular complexity index is 866. The number of hydrogen-bond donors (Lipinski definition) is 3. The number of hydrogen-bond acceptors (Lipinski definition) is 6. The molecule has 6 nitrogen and oxygen atoms in total. The van der Waals surface area contributed by atoms with Crippen LogP contribution in [0.5, 0.6) is 0 Å². The van der Waals surface area contributed by atoms with Crippen LogP contribution in [0, 0.1) is 11.3 Å². The number of anilines is 2. The molecular weight excluding hydrogens is 264 g/mol. The molecule has 6 heteroatoms. The minimum atomic E-state index is 0.162. The molecule has 3 rings (SSSR count). The zero-order chi connectivity index (χ0) is 14.8. The largest absolute Gasteiger partial charge is 0.368 e. The van der Waals surface area contributed by atoms with Gasteiger partial charge in [0.2, 0.25) is 5.95 Å². The molecule has 0 saturated carbocycles. The maximum atomic E-state index is 8.98. The summed E-state index contributed by atoms with van der Waals surface area (Å²) in [7, 11) is 0. The normalized spacial score (nSPS) is 10.3.